The average molecular weight is 207 g/mol. The van der Waals surface area contributed by atoms with Crippen LogP contribution in [0.15, 0.2) is 12.3 Å². The van der Waals surface area contributed by atoms with E-state index in [0.29, 0.717) is 0 Å². The lowest BCUT2D eigenvalue weighted by Gasteiger charge is -2.16. The smallest absolute Gasteiger partial charge is 0.133 e. The molecule has 1 aromatic heterocycles. The van der Waals surface area contributed by atoms with Crippen LogP contribution in [0.5, 0.6) is 0 Å². The van der Waals surface area contributed by atoms with Gasteiger partial charge in [0.05, 0.1) is 5.69 Å². The van der Waals surface area contributed by atoms with Gasteiger partial charge in [0.1, 0.15) is 5.82 Å². The predicted octanol–water partition coefficient (Wildman–Crippen LogP) is 2.27. The van der Waals surface area contributed by atoms with Crippen LogP contribution in [0.4, 0.5) is 0 Å². The number of hydrogen-bond donors (Lipinski definition) is 1. The van der Waals surface area contributed by atoms with E-state index >= 15 is 0 Å². The topological polar surface area (TPSA) is 37.8 Å². The molecule has 0 saturated heterocycles. The molecule has 1 rings (SSSR count). The van der Waals surface area contributed by atoms with Gasteiger partial charge in [0, 0.05) is 18.2 Å². The lowest BCUT2D eigenvalue weighted by atomic mass is 9.96. The van der Waals surface area contributed by atoms with Crippen LogP contribution in [0.25, 0.3) is 0 Å². The molecule has 0 saturated carbocycles. The van der Waals surface area contributed by atoms with Crippen LogP contribution >= 0.6 is 0 Å². The van der Waals surface area contributed by atoms with Crippen LogP contribution in [0.3, 0.4) is 0 Å². The fourth-order valence-corrected chi connectivity index (χ4v) is 1.25. The van der Waals surface area contributed by atoms with Gasteiger partial charge in [-0.05, 0) is 19.0 Å². The summed E-state index contributed by atoms with van der Waals surface area (Å²) >= 11 is 0. The normalized spacial score (nSPS) is 11.7. The summed E-state index contributed by atoms with van der Waals surface area (Å²) in [6.07, 6.45) is 2.99. The van der Waals surface area contributed by atoms with Gasteiger partial charge in [0.2, 0.25) is 0 Å². The van der Waals surface area contributed by atoms with E-state index in [1.165, 1.54) is 0 Å². The molecule has 0 aliphatic carbocycles. The van der Waals surface area contributed by atoms with Gasteiger partial charge < -0.3 is 5.32 Å². The lowest BCUT2D eigenvalue weighted by molar-refractivity contribution is 0.537. The molecule has 1 N–H and O–H groups in total. The number of hydrogen-bond acceptors (Lipinski definition) is 3. The first-order valence-electron chi connectivity index (χ1n) is 5.57. The standard InChI is InChI=1S/C12H21N3/c1-5-7-13-9-10-6-8-14-11(15-10)12(2,3)4/h6,8,13H,5,7,9H2,1-4H3. The Kier molecular flexibility index (Phi) is 4.21. The number of nitrogens with zero attached hydrogens (tertiary/aromatic N) is 2. The van der Waals surface area contributed by atoms with Gasteiger partial charge in [-0.1, -0.05) is 27.7 Å². The molecule has 3 nitrogen and oxygen atoms in total. The summed E-state index contributed by atoms with van der Waals surface area (Å²) in [4.78, 5) is 8.84. The molecule has 0 aromatic carbocycles. The van der Waals surface area contributed by atoms with Gasteiger partial charge in [-0.15, -0.1) is 0 Å². The van der Waals surface area contributed by atoms with Crippen LogP contribution < -0.4 is 5.32 Å². The van der Waals surface area contributed by atoms with Crippen molar-refractivity contribution in [1.82, 2.24) is 15.3 Å². The van der Waals surface area contributed by atoms with Crippen molar-refractivity contribution in [2.75, 3.05) is 6.54 Å². The zero-order chi connectivity index (χ0) is 11.3. The molecule has 0 spiro atoms. The Bertz CT molecular complexity index is 302. The molecular formula is C12H21N3. The molecule has 0 amide bonds. The van der Waals surface area contributed by atoms with Crippen molar-refractivity contribution in [3.8, 4) is 0 Å². The molecule has 0 aliphatic heterocycles. The van der Waals surface area contributed by atoms with Gasteiger partial charge in [-0.3, -0.25) is 0 Å². The quantitative estimate of drug-likeness (QED) is 0.770. The van der Waals surface area contributed by atoms with E-state index in [-0.39, 0.29) is 5.41 Å². The van der Waals surface area contributed by atoms with Gasteiger partial charge in [-0.2, -0.15) is 0 Å². The zero-order valence-corrected chi connectivity index (χ0v) is 10.2. The molecule has 3 heteroatoms. The number of nitrogens with one attached hydrogen (secondary N) is 1. The molecule has 1 heterocycles. The van der Waals surface area contributed by atoms with Crippen molar-refractivity contribution < 1.29 is 0 Å². The van der Waals surface area contributed by atoms with Crippen molar-refractivity contribution in [3.05, 3.63) is 23.8 Å². The Hall–Kier alpha value is -0.960. The Morgan fingerprint density at radius 1 is 1.33 bits per heavy atom. The highest BCUT2D eigenvalue weighted by molar-refractivity contribution is 5.08. The maximum atomic E-state index is 4.54. The SMILES string of the molecule is CCCNCc1ccnc(C(C)(C)C)n1. The van der Waals surface area contributed by atoms with Crippen molar-refractivity contribution in [2.45, 2.75) is 46.1 Å². The Balaban J connectivity index is 2.66. The Morgan fingerprint density at radius 3 is 2.67 bits per heavy atom. The third-order valence-corrected chi connectivity index (χ3v) is 2.12. The highest BCUT2D eigenvalue weighted by Crippen LogP contribution is 2.17. The van der Waals surface area contributed by atoms with Gasteiger partial charge in [0.25, 0.3) is 0 Å². The van der Waals surface area contributed by atoms with E-state index in [4.69, 9.17) is 0 Å². The van der Waals surface area contributed by atoms with Crippen LogP contribution in [-0.4, -0.2) is 16.5 Å². The van der Waals surface area contributed by atoms with Crippen LogP contribution in [0, 0.1) is 0 Å². The number of aromatic nitrogens is 2. The van der Waals surface area contributed by atoms with Gasteiger partial charge >= 0.3 is 0 Å². The first kappa shape index (κ1) is 12.1. The average Bonchev–Trinajstić information content (AvgIpc) is 2.17. The first-order valence-corrected chi connectivity index (χ1v) is 5.57. The van der Waals surface area contributed by atoms with Crippen LogP contribution in [-0.2, 0) is 12.0 Å². The maximum Gasteiger partial charge on any atom is 0.133 e. The van der Waals surface area contributed by atoms with Crippen LogP contribution in [0.1, 0.15) is 45.6 Å². The Labute approximate surface area is 92.3 Å². The second-order valence-electron chi connectivity index (χ2n) is 4.80. The largest absolute Gasteiger partial charge is 0.311 e. The van der Waals surface area contributed by atoms with E-state index in [9.17, 15) is 0 Å². The minimum Gasteiger partial charge on any atom is -0.311 e. The summed E-state index contributed by atoms with van der Waals surface area (Å²) in [5, 5.41) is 3.34. The second-order valence-corrected chi connectivity index (χ2v) is 4.80. The minimum atomic E-state index is 0.0285. The third kappa shape index (κ3) is 3.96. The van der Waals surface area contributed by atoms with Gasteiger partial charge in [-0.25, -0.2) is 9.97 Å². The lowest BCUT2D eigenvalue weighted by Crippen LogP contribution is -2.19. The summed E-state index contributed by atoms with van der Waals surface area (Å²) in [6, 6.07) is 1.97. The van der Waals surface area contributed by atoms with Crippen molar-refractivity contribution in [3.63, 3.8) is 0 Å². The fourth-order valence-electron chi connectivity index (χ4n) is 1.25. The monoisotopic (exact) mass is 207 g/mol. The summed E-state index contributed by atoms with van der Waals surface area (Å²) in [5.41, 5.74) is 1.10. The molecule has 0 radical (unpaired) electrons. The van der Waals surface area contributed by atoms with Crippen molar-refractivity contribution in [1.29, 1.82) is 0 Å². The summed E-state index contributed by atoms with van der Waals surface area (Å²) in [7, 11) is 0. The minimum absolute atomic E-state index is 0.0285. The molecule has 0 atom stereocenters. The second kappa shape index (κ2) is 5.21. The predicted molar refractivity (Wildman–Crippen MR) is 62.7 cm³/mol. The first-order chi connectivity index (χ1) is 7.04. The molecule has 0 unspecified atom stereocenters. The molecule has 84 valence electrons. The molecule has 1 aromatic rings. The van der Waals surface area contributed by atoms with Gasteiger partial charge in [0.15, 0.2) is 0 Å². The van der Waals surface area contributed by atoms with Crippen molar-refractivity contribution >= 4 is 0 Å². The maximum absolute atomic E-state index is 4.54. The molecular weight excluding hydrogens is 186 g/mol. The van der Waals surface area contributed by atoms with E-state index in [0.717, 1.165) is 31.0 Å². The van der Waals surface area contributed by atoms with Crippen LogP contribution in [0.2, 0.25) is 0 Å². The van der Waals surface area contributed by atoms with E-state index < -0.39 is 0 Å². The summed E-state index contributed by atoms with van der Waals surface area (Å²) in [5.74, 6) is 0.915. The van der Waals surface area contributed by atoms with E-state index in [2.05, 4.69) is 43.0 Å². The molecule has 0 fully saturated rings. The molecule has 0 aliphatic rings. The number of rotatable bonds is 4. The third-order valence-electron chi connectivity index (χ3n) is 2.12. The summed E-state index contributed by atoms with van der Waals surface area (Å²) < 4.78 is 0. The molecule has 0 bridgehead atoms. The highest BCUT2D eigenvalue weighted by Gasteiger charge is 2.16. The van der Waals surface area contributed by atoms with E-state index in [1.54, 1.807) is 0 Å². The molecule has 15 heavy (non-hydrogen) atoms. The zero-order valence-electron chi connectivity index (χ0n) is 10.2. The Morgan fingerprint density at radius 2 is 2.07 bits per heavy atom. The highest BCUT2D eigenvalue weighted by atomic mass is 14.9. The fraction of sp³-hybridized carbons (Fsp3) is 0.667. The summed E-state index contributed by atoms with van der Waals surface area (Å²) in [6.45, 7) is 10.4. The van der Waals surface area contributed by atoms with E-state index in [1.807, 2.05) is 12.3 Å². The van der Waals surface area contributed by atoms with Crippen molar-refractivity contribution in [2.24, 2.45) is 0 Å².